The van der Waals surface area contributed by atoms with Crippen molar-refractivity contribution in [1.29, 1.82) is 0 Å². The van der Waals surface area contributed by atoms with E-state index in [9.17, 15) is 34.5 Å². The molecule has 12 rings (SSSR count). The summed E-state index contributed by atoms with van der Waals surface area (Å²) in [6.45, 7) is 24.3. The predicted molar refractivity (Wildman–Crippen MR) is 394 cm³/mol. The number of ether oxygens (including phenoxy) is 3. The summed E-state index contributed by atoms with van der Waals surface area (Å²) >= 11 is 4.87. The summed E-state index contributed by atoms with van der Waals surface area (Å²) in [4.78, 5) is 69.1. The minimum atomic E-state index is -0.463. The molecule has 0 spiro atoms. The van der Waals surface area contributed by atoms with E-state index in [4.69, 9.17) is 25.8 Å². The van der Waals surface area contributed by atoms with Crippen molar-refractivity contribution in [2.24, 2.45) is 0 Å². The van der Waals surface area contributed by atoms with Gasteiger partial charge in [-0.3, -0.25) is 4.79 Å². The largest absolute Gasteiger partial charge is 3.00 e. The molecule has 0 radical (unpaired) electrons. The molecule has 0 aliphatic heterocycles. The summed E-state index contributed by atoms with van der Waals surface area (Å²) in [5.41, 5.74) is 11.0. The van der Waals surface area contributed by atoms with E-state index in [2.05, 4.69) is 92.6 Å². The van der Waals surface area contributed by atoms with Crippen LogP contribution in [0.3, 0.4) is 0 Å². The minimum Gasteiger partial charge on any atom is -0.527 e. The van der Waals surface area contributed by atoms with Crippen LogP contribution in [0, 0.1) is 36.4 Å². The van der Waals surface area contributed by atoms with Crippen molar-refractivity contribution in [2.45, 2.75) is 41.5 Å². The van der Waals surface area contributed by atoms with Gasteiger partial charge in [0.15, 0.2) is 0 Å². The van der Waals surface area contributed by atoms with Gasteiger partial charge in [0, 0.05) is 76.7 Å². The molecule has 0 aliphatic carbocycles. The average Bonchev–Trinajstić information content (AvgIpc) is 0.880. The van der Waals surface area contributed by atoms with Gasteiger partial charge in [-0.15, -0.1) is 179 Å². The van der Waals surface area contributed by atoms with E-state index in [1.165, 1.54) is 0 Å². The Labute approximate surface area is 633 Å². The van der Waals surface area contributed by atoms with Gasteiger partial charge in [0.1, 0.15) is 0 Å². The molecule has 0 atom stereocenters. The minimum absolute atomic E-state index is 0. The normalized spacial score (nSPS) is 9.39. The number of hydrogen-bond donors (Lipinski definition) is 3. The molecule has 6 aromatic carbocycles. The van der Waals surface area contributed by atoms with Crippen molar-refractivity contribution >= 4 is 34.8 Å². The van der Waals surface area contributed by atoms with E-state index < -0.39 is 23.2 Å². The number of pyridine rings is 6. The van der Waals surface area contributed by atoms with Gasteiger partial charge in [0.25, 0.3) is 0 Å². The van der Waals surface area contributed by atoms with Crippen LogP contribution in [0.5, 0.6) is 34.5 Å². The molecule has 103 heavy (non-hydrogen) atoms. The Morgan fingerprint density at radius 2 is 0.505 bits per heavy atom. The number of hydrogen-bond acceptors (Lipinski definition) is 16. The molecule has 0 fully saturated rings. The Bertz CT molecular complexity index is 4160. The first-order valence-corrected chi connectivity index (χ1v) is 31.2. The Morgan fingerprint density at radius 3 is 0.660 bits per heavy atom. The second-order valence-corrected chi connectivity index (χ2v) is 20.9. The summed E-state index contributed by atoms with van der Waals surface area (Å²) < 4.78 is 15.5. The zero-order chi connectivity index (χ0) is 73.3. The van der Waals surface area contributed by atoms with Gasteiger partial charge in [0.2, 0.25) is 5.24 Å². The van der Waals surface area contributed by atoms with E-state index in [0.717, 1.165) is 67.5 Å². The summed E-state index contributed by atoms with van der Waals surface area (Å²) in [5.74, 6) is 0.778. The predicted octanol–water partition coefficient (Wildman–Crippen LogP) is 18.2. The van der Waals surface area contributed by atoms with Crippen LogP contribution in [0.15, 0.2) is 304 Å². The number of carbonyl (C=O) groups is 4. The SMILES string of the molecule is C=C(C)C(=O)Cl.C=C(C)C(=O)Oc1cc[c-]c(-c2ccccn2)c1.C=C(C)C(=O)Oc1cc[c-]c(-c2ccccn2)c1.C=C(C)C(=O)Oc1cc[c-]c(-c2ccccn2)c1.CC.Oc1cc[c-]c(-c2ccccn2)c1.Oc1cc[c-]c(-c2ccccn2)c1.Oc1cc[c-]c(-c2ccccn2)c1.[Ir+3].[Ir+3]. The third kappa shape index (κ3) is 32.0. The molecule has 0 unspecified atom stereocenters. The number of rotatable bonds is 13. The quantitative estimate of drug-likeness (QED) is 0.0320. The molecule has 16 nitrogen and oxygen atoms in total. The van der Waals surface area contributed by atoms with Crippen LogP contribution >= 0.6 is 11.6 Å². The van der Waals surface area contributed by atoms with E-state index in [-0.39, 0.29) is 57.5 Å². The van der Waals surface area contributed by atoms with Crippen molar-refractivity contribution in [3.63, 3.8) is 0 Å². The van der Waals surface area contributed by atoms with Gasteiger partial charge < -0.3 is 59.4 Å². The topological polar surface area (TPSA) is 234 Å². The molecule has 522 valence electrons. The van der Waals surface area contributed by atoms with Crippen LogP contribution in [-0.4, -0.2) is 68.4 Å². The van der Waals surface area contributed by atoms with Gasteiger partial charge >= 0.3 is 58.1 Å². The van der Waals surface area contributed by atoms with Gasteiger partial charge in [-0.05, 0) is 110 Å². The molecule has 3 N–H and O–H groups in total. The maximum Gasteiger partial charge on any atom is 3.00 e. The number of esters is 3. The molecule has 0 amide bonds. The molecule has 6 aromatic heterocycles. The number of allylic oxidation sites excluding steroid dienone is 1. The standard InChI is InChI=1S/3C15H12NO2.3C11H8NO.C4H5ClO.C2H6.2Ir/c3*1-11(2)15(17)18-13-7-5-6-12(10-13)14-8-3-4-9-16-14;3*13-10-5-3-4-9(8-10)11-6-1-2-7-12-11;1-3(2)4(5)6;1-2;;/h3*3-5,7-10H,1H2,2H3;3*1-3,5-8,13H;1H2,2H3;1-2H3;;/q6*-1;;;2*+3. The first kappa shape index (κ1) is 85.5. The van der Waals surface area contributed by atoms with Crippen LogP contribution in [-0.2, 0) is 59.4 Å². The molecule has 0 aliphatic rings. The monoisotopic (exact) mass is 1740 g/mol. The van der Waals surface area contributed by atoms with Crippen molar-refractivity contribution in [3.8, 4) is 102 Å². The number of aromatic hydroxyl groups is 3. The number of aromatic nitrogens is 6. The molecule has 6 heterocycles. The van der Waals surface area contributed by atoms with Crippen LogP contribution < -0.4 is 14.2 Å². The second kappa shape index (κ2) is 47.3. The third-order valence-corrected chi connectivity index (χ3v) is 12.7. The molecular weight excluding hydrogens is 1670 g/mol. The number of nitrogens with zero attached hydrogens (tertiary/aromatic N) is 6. The Hall–Kier alpha value is -11.8. The summed E-state index contributed by atoms with van der Waals surface area (Å²) in [7, 11) is 0. The second-order valence-electron chi connectivity index (χ2n) is 20.5. The molecule has 0 bridgehead atoms. The number of phenolic OH excluding ortho intramolecular Hbond substituents is 3. The molecule has 19 heteroatoms. The Morgan fingerprint density at radius 1 is 0.320 bits per heavy atom. The molecule has 0 saturated heterocycles. The summed E-state index contributed by atoms with van der Waals surface area (Å²) in [6.07, 6.45) is 10.3. The fraction of sp³-hybridized carbons (Fsp3) is 0.0714. The van der Waals surface area contributed by atoms with Crippen LogP contribution in [0.1, 0.15) is 41.5 Å². The fourth-order valence-electron chi connectivity index (χ4n) is 7.49. The van der Waals surface area contributed by atoms with Crippen molar-refractivity contribution in [1.82, 2.24) is 29.9 Å². The Balaban J connectivity index is 0.000000315. The zero-order valence-electron chi connectivity index (χ0n) is 57.0. The van der Waals surface area contributed by atoms with Gasteiger partial charge in [0.05, 0.1) is 17.2 Å². The van der Waals surface area contributed by atoms with Crippen molar-refractivity contribution < 1.29 is 88.9 Å². The first-order chi connectivity index (χ1) is 48.7. The maximum atomic E-state index is 11.4. The van der Waals surface area contributed by atoms with Gasteiger partial charge in [-0.25, -0.2) is 14.4 Å². The van der Waals surface area contributed by atoms with Gasteiger partial charge in [-0.1, -0.05) is 113 Å². The van der Waals surface area contributed by atoms with Crippen LogP contribution in [0.25, 0.3) is 67.5 Å². The smallest absolute Gasteiger partial charge is 0.527 e. The molecular formula is C84H71ClIr2N6O10. The summed E-state index contributed by atoms with van der Waals surface area (Å²) in [6, 6.07) is 81.9. The van der Waals surface area contributed by atoms with Crippen molar-refractivity contribution in [3.05, 3.63) is 341 Å². The fourth-order valence-corrected chi connectivity index (χ4v) is 7.49. The van der Waals surface area contributed by atoms with E-state index in [1.807, 2.05) is 123 Å². The first-order valence-electron chi connectivity index (χ1n) is 30.9. The number of benzene rings is 6. The van der Waals surface area contributed by atoms with E-state index >= 15 is 0 Å². The van der Waals surface area contributed by atoms with E-state index in [0.29, 0.717) is 39.5 Å². The zero-order valence-corrected chi connectivity index (χ0v) is 62.6. The molecule has 0 saturated carbocycles. The van der Waals surface area contributed by atoms with Crippen molar-refractivity contribution in [2.75, 3.05) is 0 Å². The van der Waals surface area contributed by atoms with Gasteiger partial charge in [-0.2, -0.15) is 0 Å². The molecule has 12 aromatic rings. The van der Waals surface area contributed by atoms with Crippen LogP contribution in [0.4, 0.5) is 0 Å². The third-order valence-electron chi connectivity index (χ3n) is 12.3. The van der Waals surface area contributed by atoms with E-state index in [1.54, 1.807) is 174 Å². The van der Waals surface area contributed by atoms with Crippen LogP contribution in [0.2, 0.25) is 0 Å². The summed E-state index contributed by atoms with van der Waals surface area (Å²) in [5, 5.41) is 27.2. The number of halogens is 1. The number of phenols is 3. The average molecular weight is 1740 g/mol. The maximum absolute atomic E-state index is 11.4. The number of carbonyl (C=O) groups excluding carboxylic acids is 4. The Kier molecular flexibility index (Phi) is 39.3.